The van der Waals surface area contributed by atoms with Crippen LogP contribution in [0.4, 0.5) is 4.39 Å². The van der Waals surface area contributed by atoms with E-state index >= 15 is 0 Å². The molecule has 1 heterocycles. The standard InChI is InChI=1S/C11H12ClFOS/c1-11(2)10(14)7-4-8(12)9(13)3-6(7)5-15-11/h3-4,10,14H,5H2,1-2H3. The Labute approximate surface area is 97.6 Å². The first kappa shape index (κ1) is 11.2. The average molecular weight is 247 g/mol. The van der Waals surface area contributed by atoms with Crippen molar-refractivity contribution in [1.29, 1.82) is 0 Å². The molecule has 1 nitrogen and oxygen atoms in total. The van der Waals surface area contributed by atoms with Crippen LogP contribution in [0.5, 0.6) is 0 Å². The summed E-state index contributed by atoms with van der Waals surface area (Å²) in [5, 5.41) is 10.2. The summed E-state index contributed by atoms with van der Waals surface area (Å²) in [7, 11) is 0. The minimum atomic E-state index is -0.593. The quantitative estimate of drug-likeness (QED) is 0.756. The predicted molar refractivity (Wildman–Crippen MR) is 61.7 cm³/mol. The first-order valence-electron chi connectivity index (χ1n) is 4.71. The van der Waals surface area contributed by atoms with Crippen LogP contribution in [0.2, 0.25) is 5.02 Å². The van der Waals surface area contributed by atoms with E-state index in [1.54, 1.807) is 17.8 Å². The van der Waals surface area contributed by atoms with Crippen LogP contribution in [0, 0.1) is 5.82 Å². The maximum atomic E-state index is 13.2. The van der Waals surface area contributed by atoms with E-state index < -0.39 is 11.9 Å². The van der Waals surface area contributed by atoms with Gasteiger partial charge in [-0.15, -0.1) is 11.8 Å². The van der Waals surface area contributed by atoms with Gasteiger partial charge in [-0.3, -0.25) is 0 Å². The molecule has 0 bridgehead atoms. The van der Waals surface area contributed by atoms with Gasteiger partial charge in [-0.1, -0.05) is 11.6 Å². The third-order valence-electron chi connectivity index (χ3n) is 2.73. The second-order valence-electron chi connectivity index (χ2n) is 4.26. The van der Waals surface area contributed by atoms with Gasteiger partial charge in [0.25, 0.3) is 0 Å². The number of thioether (sulfide) groups is 1. The molecule has 1 unspecified atom stereocenters. The highest BCUT2D eigenvalue weighted by molar-refractivity contribution is 7.99. The molecule has 1 aliphatic rings. The van der Waals surface area contributed by atoms with E-state index in [0.717, 1.165) is 11.1 Å². The van der Waals surface area contributed by atoms with Gasteiger partial charge in [-0.05, 0) is 37.1 Å². The van der Waals surface area contributed by atoms with Crippen molar-refractivity contribution < 1.29 is 9.50 Å². The van der Waals surface area contributed by atoms with E-state index in [9.17, 15) is 9.50 Å². The van der Waals surface area contributed by atoms with Crippen molar-refractivity contribution in [2.75, 3.05) is 0 Å². The first-order chi connectivity index (χ1) is 6.92. The van der Waals surface area contributed by atoms with Gasteiger partial charge in [0.1, 0.15) is 5.82 Å². The van der Waals surface area contributed by atoms with Crippen LogP contribution in [0.15, 0.2) is 12.1 Å². The lowest BCUT2D eigenvalue weighted by molar-refractivity contribution is 0.141. The Morgan fingerprint density at radius 2 is 2.20 bits per heavy atom. The summed E-state index contributed by atoms with van der Waals surface area (Å²) in [6, 6.07) is 2.96. The highest BCUT2D eigenvalue weighted by atomic mass is 35.5. The molecular weight excluding hydrogens is 235 g/mol. The van der Waals surface area contributed by atoms with Crippen molar-refractivity contribution >= 4 is 23.4 Å². The van der Waals surface area contributed by atoms with E-state index in [1.807, 2.05) is 13.8 Å². The third kappa shape index (κ3) is 1.88. The zero-order chi connectivity index (χ0) is 11.2. The molecule has 4 heteroatoms. The van der Waals surface area contributed by atoms with Gasteiger partial charge in [0.05, 0.1) is 11.1 Å². The molecule has 0 aromatic heterocycles. The molecule has 15 heavy (non-hydrogen) atoms. The number of benzene rings is 1. The molecule has 0 fully saturated rings. The molecule has 2 rings (SSSR count). The summed E-state index contributed by atoms with van der Waals surface area (Å²) in [5.74, 6) is 0.302. The molecule has 1 aromatic rings. The second kappa shape index (κ2) is 3.65. The Kier molecular flexibility index (Phi) is 2.73. The van der Waals surface area contributed by atoms with Crippen LogP contribution >= 0.6 is 23.4 Å². The molecule has 82 valence electrons. The van der Waals surface area contributed by atoms with Crippen molar-refractivity contribution in [2.45, 2.75) is 30.5 Å². The Hall–Kier alpha value is -0.250. The van der Waals surface area contributed by atoms with E-state index in [1.165, 1.54) is 6.07 Å². The molecule has 0 radical (unpaired) electrons. The molecular formula is C11H12ClFOS. The van der Waals surface area contributed by atoms with Crippen LogP contribution < -0.4 is 0 Å². The van der Waals surface area contributed by atoms with E-state index in [0.29, 0.717) is 5.75 Å². The largest absolute Gasteiger partial charge is 0.387 e. The number of fused-ring (bicyclic) bond motifs is 1. The summed E-state index contributed by atoms with van der Waals surface area (Å²) >= 11 is 7.34. The number of aliphatic hydroxyl groups is 1. The van der Waals surface area contributed by atoms with Gasteiger partial charge in [-0.25, -0.2) is 4.39 Å². The van der Waals surface area contributed by atoms with Crippen LogP contribution in [0.3, 0.4) is 0 Å². The molecule has 0 saturated carbocycles. The molecule has 0 spiro atoms. The van der Waals surface area contributed by atoms with Gasteiger partial charge < -0.3 is 5.11 Å². The summed E-state index contributed by atoms with van der Waals surface area (Å²) in [4.78, 5) is 0. The zero-order valence-electron chi connectivity index (χ0n) is 8.55. The number of hydrogen-bond acceptors (Lipinski definition) is 2. The first-order valence-corrected chi connectivity index (χ1v) is 6.08. The molecule has 0 amide bonds. The zero-order valence-corrected chi connectivity index (χ0v) is 10.1. The average Bonchev–Trinajstić information content (AvgIpc) is 2.16. The Morgan fingerprint density at radius 1 is 1.53 bits per heavy atom. The van der Waals surface area contributed by atoms with Crippen LogP contribution in [-0.4, -0.2) is 9.85 Å². The second-order valence-corrected chi connectivity index (χ2v) is 6.30. The van der Waals surface area contributed by atoms with Crippen molar-refractivity contribution in [2.24, 2.45) is 0 Å². The van der Waals surface area contributed by atoms with Gasteiger partial charge in [0, 0.05) is 10.5 Å². The highest BCUT2D eigenvalue weighted by Crippen LogP contribution is 2.46. The van der Waals surface area contributed by atoms with Crippen LogP contribution in [0.25, 0.3) is 0 Å². The SMILES string of the molecule is CC1(C)SCc2cc(F)c(Cl)cc2C1O. The van der Waals surface area contributed by atoms with Crippen molar-refractivity contribution in [1.82, 2.24) is 0 Å². The summed E-state index contributed by atoms with van der Waals surface area (Å²) in [6.07, 6.45) is -0.593. The maximum absolute atomic E-state index is 13.2. The minimum Gasteiger partial charge on any atom is -0.387 e. The lowest BCUT2D eigenvalue weighted by Crippen LogP contribution is -2.30. The minimum absolute atomic E-state index is 0.0792. The molecule has 0 saturated heterocycles. The fourth-order valence-electron chi connectivity index (χ4n) is 1.70. The van der Waals surface area contributed by atoms with E-state index in [4.69, 9.17) is 11.6 Å². The predicted octanol–water partition coefficient (Wildman–Crippen LogP) is 3.54. The van der Waals surface area contributed by atoms with Crippen LogP contribution in [0.1, 0.15) is 31.1 Å². The lowest BCUT2D eigenvalue weighted by Gasteiger charge is -2.36. The fraction of sp³-hybridized carbons (Fsp3) is 0.455. The van der Waals surface area contributed by atoms with Gasteiger partial charge in [0.15, 0.2) is 0 Å². The Bertz CT molecular complexity index is 406. The van der Waals surface area contributed by atoms with Crippen molar-refractivity contribution in [3.63, 3.8) is 0 Å². The maximum Gasteiger partial charge on any atom is 0.142 e. The summed E-state index contributed by atoms with van der Waals surface area (Å²) < 4.78 is 13.0. The smallest absolute Gasteiger partial charge is 0.142 e. The molecule has 1 aromatic carbocycles. The molecule has 1 N–H and O–H groups in total. The van der Waals surface area contributed by atoms with E-state index in [-0.39, 0.29) is 9.77 Å². The van der Waals surface area contributed by atoms with Gasteiger partial charge in [0.2, 0.25) is 0 Å². The van der Waals surface area contributed by atoms with Crippen molar-refractivity contribution in [3.05, 3.63) is 34.1 Å². The molecule has 1 atom stereocenters. The van der Waals surface area contributed by atoms with Gasteiger partial charge >= 0.3 is 0 Å². The van der Waals surface area contributed by atoms with Crippen LogP contribution in [-0.2, 0) is 5.75 Å². The lowest BCUT2D eigenvalue weighted by atomic mass is 9.94. The summed E-state index contributed by atoms with van der Waals surface area (Å²) in [5.41, 5.74) is 1.60. The number of halogens is 2. The van der Waals surface area contributed by atoms with Crippen molar-refractivity contribution in [3.8, 4) is 0 Å². The number of rotatable bonds is 0. The molecule has 1 aliphatic heterocycles. The third-order valence-corrected chi connectivity index (χ3v) is 4.45. The Morgan fingerprint density at radius 3 is 2.87 bits per heavy atom. The fourth-order valence-corrected chi connectivity index (χ4v) is 2.93. The number of aliphatic hydroxyl groups excluding tert-OH is 1. The normalized spacial score (nSPS) is 23.7. The molecule has 0 aliphatic carbocycles. The van der Waals surface area contributed by atoms with E-state index in [2.05, 4.69) is 0 Å². The Balaban J connectivity index is 2.52. The topological polar surface area (TPSA) is 20.2 Å². The van der Waals surface area contributed by atoms with Gasteiger partial charge in [-0.2, -0.15) is 0 Å². The number of hydrogen-bond donors (Lipinski definition) is 1. The highest BCUT2D eigenvalue weighted by Gasteiger charge is 2.35. The monoisotopic (exact) mass is 246 g/mol. The summed E-state index contributed by atoms with van der Waals surface area (Å²) in [6.45, 7) is 3.95.